The average Bonchev–Trinajstić information content (AvgIpc) is 2.65. The maximum Gasteiger partial charge on any atom is 0.224 e. The van der Waals surface area contributed by atoms with Gasteiger partial charge in [0.1, 0.15) is 0 Å². The van der Waals surface area contributed by atoms with Gasteiger partial charge in [-0.2, -0.15) is 0 Å². The number of carbonyl (C=O) groups excluding carboxylic acids is 2. The summed E-state index contributed by atoms with van der Waals surface area (Å²) in [6, 6.07) is 0. The van der Waals surface area contributed by atoms with E-state index in [1.54, 1.807) is 6.92 Å². The Labute approximate surface area is 64.9 Å². The predicted molar refractivity (Wildman–Crippen MR) is 39.2 cm³/mol. The van der Waals surface area contributed by atoms with E-state index in [9.17, 15) is 9.59 Å². The summed E-state index contributed by atoms with van der Waals surface area (Å²) in [5.41, 5.74) is 9.57. The molecule has 0 heterocycles. The van der Waals surface area contributed by atoms with Crippen LogP contribution in [0.1, 0.15) is 19.8 Å². The Kier molecular flexibility index (Phi) is 1.62. The minimum atomic E-state index is -0.605. The topological polar surface area (TPSA) is 86.2 Å². The lowest BCUT2D eigenvalue weighted by Crippen LogP contribution is -2.37. The zero-order valence-electron chi connectivity index (χ0n) is 6.46. The fourth-order valence-electron chi connectivity index (χ4n) is 1.30. The molecule has 2 amide bonds. The molecule has 0 spiro atoms. The number of carbonyl (C=O) groups is 2. The summed E-state index contributed by atoms with van der Waals surface area (Å²) in [6.45, 7) is 1.65. The van der Waals surface area contributed by atoms with Crippen LogP contribution in [0.25, 0.3) is 0 Å². The van der Waals surface area contributed by atoms with Gasteiger partial charge < -0.3 is 11.5 Å². The van der Waals surface area contributed by atoms with Gasteiger partial charge in [0, 0.05) is 5.92 Å². The van der Waals surface area contributed by atoms with Gasteiger partial charge >= 0.3 is 0 Å². The summed E-state index contributed by atoms with van der Waals surface area (Å²) in [4.78, 5) is 21.5. The molecule has 0 bridgehead atoms. The van der Waals surface area contributed by atoms with Crippen LogP contribution in [0.5, 0.6) is 0 Å². The van der Waals surface area contributed by atoms with Crippen molar-refractivity contribution in [2.45, 2.75) is 19.8 Å². The minimum Gasteiger partial charge on any atom is -0.369 e. The zero-order valence-corrected chi connectivity index (χ0v) is 6.46. The Morgan fingerprint density at radius 1 is 1.36 bits per heavy atom. The van der Waals surface area contributed by atoms with E-state index in [0.717, 1.165) is 0 Å². The van der Waals surface area contributed by atoms with Crippen molar-refractivity contribution in [3.63, 3.8) is 0 Å². The lowest BCUT2D eigenvalue weighted by molar-refractivity contribution is -0.132. The van der Waals surface area contributed by atoms with Crippen LogP contribution >= 0.6 is 0 Å². The van der Waals surface area contributed by atoms with Gasteiger partial charge in [-0.15, -0.1) is 0 Å². The molecule has 62 valence electrons. The summed E-state index contributed by atoms with van der Waals surface area (Å²) in [7, 11) is 0. The highest BCUT2D eigenvalue weighted by molar-refractivity contribution is 5.91. The van der Waals surface area contributed by atoms with Crippen molar-refractivity contribution in [1.29, 1.82) is 0 Å². The molecule has 4 heteroatoms. The third kappa shape index (κ3) is 1.08. The van der Waals surface area contributed by atoms with Gasteiger partial charge in [0.25, 0.3) is 0 Å². The van der Waals surface area contributed by atoms with Crippen LogP contribution in [0.4, 0.5) is 0 Å². The van der Waals surface area contributed by atoms with Gasteiger partial charge in [0.15, 0.2) is 0 Å². The van der Waals surface area contributed by atoms with Crippen molar-refractivity contribution in [3.8, 4) is 0 Å². The van der Waals surface area contributed by atoms with Gasteiger partial charge in [-0.05, 0) is 12.8 Å². The summed E-state index contributed by atoms with van der Waals surface area (Å²) >= 11 is 0. The molecule has 4 N–H and O–H groups in total. The summed E-state index contributed by atoms with van der Waals surface area (Å²) in [5.74, 6) is -1.26. The Bertz CT molecular complexity index is 208. The predicted octanol–water partition coefficient (Wildman–Crippen LogP) is -0.627. The number of primary amides is 2. The van der Waals surface area contributed by atoms with Crippen molar-refractivity contribution in [1.82, 2.24) is 0 Å². The van der Waals surface area contributed by atoms with E-state index in [0.29, 0.717) is 12.8 Å². The van der Waals surface area contributed by atoms with Gasteiger partial charge in [0.05, 0.1) is 5.41 Å². The second-order valence-corrected chi connectivity index (χ2v) is 3.14. The second kappa shape index (κ2) is 2.22. The van der Waals surface area contributed by atoms with E-state index < -0.39 is 23.1 Å². The zero-order chi connectivity index (χ0) is 8.65. The molecule has 4 nitrogen and oxygen atoms in total. The SMILES string of the molecule is CC(C(N)=O)C1(C(N)=O)CC1. The fraction of sp³-hybridized carbons (Fsp3) is 0.714. The molecule has 0 aromatic heterocycles. The molecule has 1 rings (SSSR count). The molecule has 0 aromatic carbocycles. The van der Waals surface area contributed by atoms with Gasteiger partial charge in [-0.1, -0.05) is 6.92 Å². The standard InChI is InChI=1S/C7H12N2O2/c1-4(5(8)10)7(2-3-7)6(9)11/h4H,2-3H2,1H3,(H2,8,10)(H2,9,11). The Morgan fingerprint density at radius 3 is 1.91 bits per heavy atom. The van der Waals surface area contributed by atoms with E-state index in [2.05, 4.69) is 0 Å². The van der Waals surface area contributed by atoms with Crippen molar-refractivity contribution in [2.24, 2.45) is 22.8 Å². The number of hydrogen-bond donors (Lipinski definition) is 2. The quantitative estimate of drug-likeness (QED) is 0.570. The third-order valence-electron chi connectivity index (χ3n) is 2.54. The highest BCUT2D eigenvalue weighted by Crippen LogP contribution is 2.51. The Morgan fingerprint density at radius 2 is 1.82 bits per heavy atom. The molecule has 0 aromatic rings. The van der Waals surface area contributed by atoms with Gasteiger partial charge in [-0.25, -0.2) is 0 Å². The smallest absolute Gasteiger partial charge is 0.224 e. The first kappa shape index (κ1) is 8.04. The molecule has 11 heavy (non-hydrogen) atoms. The number of amides is 2. The van der Waals surface area contributed by atoms with Crippen molar-refractivity contribution >= 4 is 11.8 Å². The van der Waals surface area contributed by atoms with E-state index >= 15 is 0 Å². The summed E-state index contributed by atoms with van der Waals surface area (Å²) < 4.78 is 0. The van der Waals surface area contributed by atoms with Crippen LogP contribution in [0.3, 0.4) is 0 Å². The molecule has 1 aliphatic rings. The molecular formula is C7H12N2O2. The molecule has 0 aliphatic heterocycles. The first-order valence-electron chi connectivity index (χ1n) is 3.60. The molecule has 0 saturated heterocycles. The first-order chi connectivity index (χ1) is 5.00. The Balaban J connectivity index is 2.73. The second-order valence-electron chi connectivity index (χ2n) is 3.14. The lowest BCUT2D eigenvalue weighted by atomic mass is 9.89. The van der Waals surface area contributed by atoms with Crippen LogP contribution in [0, 0.1) is 11.3 Å². The highest BCUT2D eigenvalue weighted by Gasteiger charge is 2.54. The molecule has 1 unspecified atom stereocenters. The molecule has 1 fully saturated rings. The van der Waals surface area contributed by atoms with Crippen molar-refractivity contribution in [2.75, 3.05) is 0 Å². The van der Waals surface area contributed by atoms with Gasteiger partial charge in [-0.3, -0.25) is 9.59 Å². The molecule has 0 radical (unpaired) electrons. The lowest BCUT2D eigenvalue weighted by Gasteiger charge is -2.15. The largest absolute Gasteiger partial charge is 0.369 e. The van der Waals surface area contributed by atoms with Gasteiger partial charge in [0.2, 0.25) is 11.8 Å². The van der Waals surface area contributed by atoms with E-state index in [1.165, 1.54) is 0 Å². The van der Waals surface area contributed by atoms with Crippen LogP contribution in [0.15, 0.2) is 0 Å². The monoisotopic (exact) mass is 156 g/mol. The molecule has 1 saturated carbocycles. The average molecular weight is 156 g/mol. The number of nitrogens with two attached hydrogens (primary N) is 2. The summed E-state index contributed by atoms with van der Waals surface area (Å²) in [5, 5.41) is 0. The van der Waals surface area contributed by atoms with E-state index in [1.807, 2.05) is 0 Å². The number of rotatable bonds is 3. The van der Waals surface area contributed by atoms with Crippen LogP contribution in [-0.4, -0.2) is 11.8 Å². The minimum absolute atomic E-state index is 0.399. The van der Waals surface area contributed by atoms with E-state index in [4.69, 9.17) is 11.5 Å². The Hall–Kier alpha value is -1.06. The molecular weight excluding hydrogens is 144 g/mol. The van der Waals surface area contributed by atoms with Crippen molar-refractivity contribution in [3.05, 3.63) is 0 Å². The molecule has 1 atom stereocenters. The van der Waals surface area contributed by atoms with E-state index in [-0.39, 0.29) is 0 Å². The first-order valence-corrected chi connectivity index (χ1v) is 3.60. The normalized spacial score (nSPS) is 22.3. The van der Waals surface area contributed by atoms with Crippen LogP contribution in [-0.2, 0) is 9.59 Å². The maximum atomic E-state index is 10.8. The third-order valence-corrected chi connectivity index (χ3v) is 2.54. The van der Waals surface area contributed by atoms with Crippen LogP contribution < -0.4 is 11.5 Å². The highest BCUT2D eigenvalue weighted by atomic mass is 16.2. The fourth-order valence-corrected chi connectivity index (χ4v) is 1.30. The molecule has 1 aliphatic carbocycles. The summed E-state index contributed by atoms with van der Waals surface area (Å²) in [6.07, 6.45) is 1.40. The van der Waals surface area contributed by atoms with Crippen LogP contribution in [0.2, 0.25) is 0 Å². The maximum absolute atomic E-state index is 10.8. The van der Waals surface area contributed by atoms with Crippen molar-refractivity contribution < 1.29 is 9.59 Å². The number of hydrogen-bond acceptors (Lipinski definition) is 2.